The first-order valence-corrected chi connectivity index (χ1v) is 6.01. The van der Waals surface area contributed by atoms with Crippen molar-refractivity contribution in [1.29, 1.82) is 0 Å². The van der Waals surface area contributed by atoms with E-state index in [1.54, 1.807) is 14.0 Å². The fraction of sp³-hybridized carbons (Fsp3) is 0.385. The SMILES string of the molecule is COc1cc(CCN)ccc1OCc1nnc(C)o1. The van der Waals surface area contributed by atoms with Crippen molar-refractivity contribution in [1.82, 2.24) is 10.2 Å². The van der Waals surface area contributed by atoms with Crippen LogP contribution in [0.5, 0.6) is 11.5 Å². The van der Waals surface area contributed by atoms with E-state index < -0.39 is 0 Å². The van der Waals surface area contributed by atoms with Gasteiger partial charge in [0.2, 0.25) is 5.89 Å². The van der Waals surface area contributed by atoms with E-state index in [2.05, 4.69) is 10.2 Å². The average molecular weight is 263 g/mol. The van der Waals surface area contributed by atoms with Crippen LogP contribution in [-0.4, -0.2) is 23.9 Å². The largest absolute Gasteiger partial charge is 0.493 e. The second-order valence-electron chi connectivity index (χ2n) is 4.03. The standard InChI is InChI=1S/C13H17N3O3/c1-9-15-16-13(19-9)8-18-11-4-3-10(5-6-14)7-12(11)17-2/h3-4,7H,5-6,8,14H2,1-2H3. The molecule has 19 heavy (non-hydrogen) atoms. The lowest BCUT2D eigenvalue weighted by molar-refractivity contribution is 0.248. The maximum Gasteiger partial charge on any atom is 0.253 e. The van der Waals surface area contributed by atoms with E-state index in [-0.39, 0.29) is 6.61 Å². The van der Waals surface area contributed by atoms with E-state index in [9.17, 15) is 0 Å². The second-order valence-corrected chi connectivity index (χ2v) is 4.03. The molecule has 0 saturated carbocycles. The predicted molar refractivity (Wildman–Crippen MR) is 69.1 cm³/mol. The predicted octanol–water partition coefficient (Wildman–Crippen LogP) is 1.47. The number of ether oxygens (including phenoxy) is 2. The van der Waals surface area contributed by atoms with E-state index in [0.29, 0.717) is 29.8 Å². The number of nitrogens with two attached hydrogens (primary N) is 1. The van der Waals surface area contributed by atoms with Crippen molar-refractivity contribution in [3.05, 3.63) is 35.5 Å². The van der Waals surface area contributed by atoms with Gasteiger partial charge in [0, 0.05) is 6.92 Å². The lowest BCUT2D eigenvalue weighted by Crippen LogP contribution is -2.03. The lowest BCUT2D eigenvalue weighted by Gasteiger charge is -2.10. The van der Waals surface area contributed by atoms with Gasteiger partial charge in [-0.3, -0.25) is 0 Å². The molecule has 0 spiro atoms. The zero-order valence-corrected chi connectivity index (χ0v) is 11.0. The van der Waals surface area contributed by atoms with Crippen LogP contribution >= 0.6 is 0 Å². The molecule has 0 radical (unpaired) electrons. The molecule has 2 N–H and O–H groups in total. The molecule has 0 aliphatic carbocycles. The first-order valence-electron chi connectivity index (χ1n) is 6.01. The second kappa shape index (κ2) is 6.19. The minimum atomic E-state index is 0.216. The quantitative estimate of drug-likeness (QED) is 0.849. The van der Waals surface area contributed by atoms with Gasteiger partial charge in [-0.25, -0.2) is 0 Å². The molecule has 1 heterocycles. The number of nitrogens with zero attached hydrogens (tertiary/aromatic N) is 2. The number of rotatable bonds is 6. The Hall–Kier alpha value is -2.08. The minimum absolute atomic E-state index is 0.216. The van der Waals surface area contributed by atoms with Gasteiger partial charge in [-0.2, -0.15) is 0 Å². The van der Waals surface area contributed by atoms with E-state index in [1.165, 1.54) is 0 Å². The van der Waals surface area contributed by atoms with Crippen LogP contribution in [0.25, 0.3) is 0 Å². The molecular weight excluding hydrogens is 246 g/mol. The van der Waals surface area contributed by atoms with Gasteiger partial charge < -0.3 is 19.6 Å². The summed E-state index contributed by atoms with van der Waals surface area (Å²) in [6.07, 6.45) is 0.805. The van der Waals surface area contributed by atoms with Crippen LogP contribution in [0.3, 0.4) is 0 Å². The van der Waals surface area contributed by atoms with E-state index in [4.69, 9.17) is 19.6 Å². The number of aryl methyl sites for hydroxylation is 1. The molecule has 0 unspecified atom stereocenters. The molecule has 0 saturated heterocycles. The molecule has 0 amide bonds. The van der Waals surface area contributed by atoms with Gasteiger partial charge in [0.25, 0.3) is 5.89 Å². The molecule has 102 valence electrons. The lowest BCUT2D eigenvalue weighted by atomic mass is 10.1. The smallest absolute Gasteiger partial charge is 0.253 e. The molecule has 0 fully saturated rings. The highest BCUT2D eigenvalue weighted by molar-refractivity contribution is 5.43. The van der Waals surface area contributed by atoms with Crippen molar-refractivity contribution in [3.8, 4) is 11.5 Å². The van der Waals surface area contributed by atoms with Crippen molar-refractivity contribution in [2.75, 3.05) is 13.7 Å². The van der Waals surface area contributed by atoms with Crippen LogP contribution in [0.4, 0.5) is 0 Å². The van der Waals surface area contributed by atoms with E-state index >= 15 is 0 Å². The normalized spacial score (nSPS) is 10.5. The third-order valence-electron chi connectivity index (χ3n) is 2.58. The van der Waals surface area contributed by atoms with Gasteiger partial charge in [0.15, 0.2) is 18.1 Å². The molecule has 0 bridgehead atoms. The number of aromatic nitrogens is 2. The molecule has 0 aliphatic heterocycles. The number of hydrogen-bond donors (Lipinski definition) is 1. The van der Waals surface area contributed by atoms with Crippen LogP contribution in [0.15, 0.2) is 22.6 Å². The van der Waals surface area contributed by atoms with Crippen molar-refractivity contribution >= 4 is 0 Å². The van der Waals surface area contributed by atoms with Gasteiger partial charge in [-0.1, -0.05) is 6.07 Å². The fourth-order valence-electron chi connectivity index (χ4n) is 1.69. The maximum atomic E-state index is 5.61. The Kier molecular flexibility index (Phi) is 4.35. The minimum Gasteiger partial charge on any atom is -0.493 e. The molecule has 0 atom stereocenters. The first-order chi connectivity index (χ1) is 9.22. The first kappa shape index (κ1) is 13.4. The van der Waals surface area contributed by atoms with E-state index in [1.807, 2.05) is 18.2 Å². The Bertz CT molecular complexity index is 540. The van der Waals surface area contributed by atoms with Gasteiger partial charge in [-0.05, 0) is 30.7 Å². The monoisotopic (exact) mass is 263 g/mol. The number of benzene rings is 1. The molecule has 1 aromatic carbocycles. The molecule has 1 aromatic heterocycles. The van der Waals surface area contributed by atoms with Crippen molar-refractivity contribution in [2.24, 2.45) is 5.73 Å². The third-order valence-corrected chi connectivity index (χ3v) is 2.58. The molecule has 2 rings (SSSR count). The van der Waals surface area contributed by atoms with Gasteiger partial charge in [-0.15, -0.1) is 10.2 Å². The topological polar surface area (TPSA) is 83.4 Å². The molecule has 6 heteroatoms. The van der Waals surface area contributed by atoms with Gasteiger partial charge in [0.05, 0.1) is 7.11 Å². The van der Waals surface area contributed by atoms with Crippen molar-refractivity contribution < 1.29 is 13.9 Å². The van der Waals surface area contributed by atoms with Crippen LogP contribution in [0.1, 0.15) is 17.3 Å². The summed E-state index contributed by atoms with van der Waals surface area (Å²) in [7, 11) is 1.60. The van der Waals surface area contributed by atoms with Crippen LogP contribution < -0.4 is 15.2 Å². The summed E-state index contributed by atoms with van der Waals surface area (Å²) in [5.41, 5.74) is 6.64. The zero-order chi connectivity index (χ0) is 13.7. The Balaban J connectivity index is 2.06. The van der Waals surface area contributed by atoms with Gasteiger partial charge in [0.1, 0.15) is 0 Å². The highest BCUT2D eigenvalue weighted by atomic mass is 16.5. The summed E-state index contributed by atoms with van der Waals surface area (Å²) < 4.78 is 16.1. The summed E-state index contributed by atoms with van der Waals surface area (Å²) in [4.78, 5) is 0. The Morgan fingerprint density at radius 1 is 1.26 bits per heavy atom. The third kappa shape index (κ3) is 3.45. The summed E-state index contributed by atoms with van der Waals surface area (Å²) in [6.45, 7) is 2.55. The summed E-state index contributed by atoms with van der Waals surface area (Å²) in [5.74, 6) is 2.26. The summed E-state index contributed by atoms with van der Waals surface area (Å²) in [6, 6.07) is 5.73. The molecule has 6 nitrogen and oxygen atoms in total. The maximum absolute atomic E-state index is 5.61. The van der Waals surface area contributed by atoms with Crippen LogP contribution in [-0.2, 0) is 13.0 Å². The zero-order valence-electron chi connectivity index (χ0n) is 11.0. The van der Waals surface area contributed by atoms with Crippen molar-refractivity contribution in [2.45, 2.75) is 20.0 Å². The van der Waals surface area contributed by atoms with Crippen LogP contribution in [0.2, 0.25) is 0 Å². The molecular formula is C13H17N3O3. The Labute approximate surface area is 111 Å². The Morgan fingerprint density at radius 2 is 2.11 bits per heavy atom. The highest BCUT2D eigenvalue weighted by Crippen LogP contribution is 2.28. The van der Waals surface area contributed by atoms with Crippen molar-refractivity contribution in [3.63, 3.8) is 0 Å². The van der Waals surface area contributed by atoms with E-state index in [0.717, 1.165) is 12.0 Å². The number of methoxy groups -OCH3 is 1. The molecule has 2 aromatic rings. The van der Waals surface area contributed by atoms with Crippen LogP contribution in [0, 0.1) is 6.92 Å². The highest BCUT2D eigenvalue weighted by Gasteiger charge is 2.08. The number of hydrogen-bond acceptors (Lipinski definition) is 6. The van der Waals surface area contributed by atoms with Gasteiger partial charge >= 0.3 is 0 Å². The Morgan fingerprint density at radius 3 is 2.74 bits per heavy atom. The fourth-order valence-corrected chi connectivity index (χ4v) is 1.69. The summed E-state index contributed by atoms with van der Waals surface area (Å²) in [5, 5.41) is 7.60. The average Bonchev–Trinajstić information content (AvgIpc) is 2.83. The molecule has 0 aliphatic rings. The summed E-state index contributed by atoms with van der Waals surface area (Å²) >= 11 is 0.